The van der Waals surface area contributed by atoms with Gasteiger partial charge in [-0.05, 0) is 41.8 Å². The number of thiophene rings is 1. The highest BCUT2D eigenvalue weighted by Crippen LogP contribution is 2.40. The number of carbonyl (C=O) groups is 1. The summed E-state index contributed by atoms with van der Waals surface area (Å²) in [4.78, 5) is 13.7. The number of hydrazone groups is 1. The van der Waals surface area contributed by atoms with Crippen LogP contribution in [0.5, 0.6) is 11.5 Å². The smallest absolute Gasteiger partial charge is 0.240 e. The molecule has 8 heteroatoms. The van der Waals surface area contributed by atoms with Crippen LogP contribution in [0.15, 0.2) is 77.3 Å². The SMILES string of the molecule is COc1ccc(C2=NN(C(C)=O)C(c3cn(-c4ccccc4)nc3-c3cccs3)C2)cc1OC. The van der Waals surface area contributed by atoms with E-state index in [2.05, 4.69) is 6.07 Å². The molecule has 3 heterocycles. The van der Waals surface area contributed by atoms with Crippen LogP contribution in [0.3, 0.4) is 0 Å². The summed E-state index contributed by atoms with van der Waals surface area (Å²) in [5, 5.41) is 13.2. The number of ether oxygens (including phenoxy) is 2. The van der Waals surface area contributed by atoms with Gasteiger partial charge in [-0.1, -0.05) is 24.3 Å². The zero-order valence-corrected chi connectivity index (χ0v) is 20.0. The normalized spacial score (nSPS) is 15.3. The quantitative estimate of drug-likeness (QED) is 0.381. The Hall–Kier alpha value is -3.91. The van der Waals surface area contributed by atoms with Crippen molar-refractivity contribution in [1.82, 2.24) is 14.8 Å². The van der Waals surface area contributed by atoms with Gasteiger partial charge in [0.25, 0.3) is 0 Å². The zero-order chi connectivity index (χ0) is 23.7. The van der Waals surface area contributed by atoms with E-state index in [1.807, 2.05) is 70.9 Å². The van der Waals surface area contributed by atoms with E-state index in [9.17, 15) is 4.79 Å². The van der Waals surface area contributed by atoms with Crippen LogP contribution in [0.4, 0.5) is 0 Å². The topological polar surface area (TPSA) is 69.0 Å². The Labute approximate surface area is 201 Å². The van der Waals surface area contributed by atoms with Gasteiger partial charge in [0.15, 0.2) is 11.5 Å². The van der Waals surface area contributed by atoms with Crippen LogP contribution in [0.1, 0.15) is 30.5 Å². The summed E-state index contributed by atoms with van der Waals surface area (Å²) < 4.78 is 12.7. The van der Waals surface area contributed by atoms with Crippen molar-refractivity contribution in [2.45, 2.75) is 19.4 Å². The molecule has 0 fully saturated rings. The maximum absolute atomic E-state index is 12.7. The minimum absolute atomic E-state index is 0.120. The van der Waals surface area contributed by atoms with Gasteiger partial charge in [-0.25, -0.2) is 9.69 Å². The number of aromatic nitrogens is 2. The van der Waals surface area contributed by atoms with Crippen molar-refractivity contribution < 1.29 is 14.3 Å². The van der Waals surface area contributed by atoms with Gasteiger partial charge in [0.05, 0.1) is 36.5 Å². The molecule has 1 unspecified atom stereocenters. The second-order valence-electron chi connectivity index (χ2n) is 7.89. The summed E-state index contributed by atoms with van der Waals surface area (Å²) >= 11 is 1.63. The fraction of sp³-hybridized carbons (Fsp3) is 0.192. The number of hydrogen-bond acceptors (Lipinski definition) is 6. The van der Waals surface area contributed by atoms with Gasteiger partial charge in [-0.3, -0.25) is 4.79 Å². The van der Waals surface area contributed by atoms with E-state index in [0.717, 1.165) is 33.1 Å². The number of methoxy groups -OCH3 is 2. The van der Waals surface area contributed by atoms with Gasteiger partial charge in [0.2, 0.25) is 5.91 Å². The molecule has 5 rings (SSSR count). The zero-order valence-electron chi connectivity index (χ0n) is 19.1. The van der Waals surface area contributed by atoms with E-state index in [1.165, 1.54) is 0 Å². The molecule has 34 heavy (non-hydrogen) atoms. The summed E-state index contributed by atoms with van der Waals surface area (Å²) in [6, 6.07) is 19.4. The molecule has 0 N–H and O–H groups in total. The van der Waals surface area contributed by atoms with Crippen LogP contribution < -0.4 is 9.47 Å². The molecule has 0 radical (unpaired) electrons. The first-order valence-corrected chi connectivity index (χ1v) is 11.8. The minimum atomic E-state index is -0.268. The first kappa shape index (κ1) is 21.9. The predicted octanol–water partition coefficient (Wildman–Crippen LogP) is 5.32. The molecular weight excluding hydrogens is 448 g/mol. The highest BCUT2D eigenvalue weighted by Gasteiger charge is 2.35. The molecule has 1 aliphatic heterocycles. The van der Waals surface area contributed by atoms with Crippen LogP contribution >= 0.6 is 11.3 Å². The third kappa shape index (κ3) is 3.97. The fourth-order valence-electron chi connectivity index (χ4n) is 4.18. The Balaban J connectivity index is 1.57. The molecule has 0 bridgehead atoms. The summed E-state index contributed by atoms with van der Waals surface area (Å²) in [6.07, 6.45) is 2.58. The third-order valence-electron chi connectivity index (χ3n) is 5.83. The molecule has 1 amide bonds. The molecule has 0 saturated heterocycles. The Morgan fingerprint density at radius 1 is 1.03 bits per heavy atom. The van der Waals surface area contributed by atoms with Crippen LogP contribution in [-0.4, -0.2) is 40.6 Å². The van der Waals surface area contributed by atoms with Crippen molar-refractivity contribution in [3.8, 4) is 27.8 Å². The first-order valence-electron chi connectivity index (χ1n) is 10.9. The lowest BCUT2D eigenvalue weighted by Gasteiger charge is -2.19. The van der Waals surface area contributed by atoms with Crippen molar-refractivity contribution in [2.24, 2.45) is 5.10 Å². The minimum Gasteiger partial charge on any atom is -0.493 e. The molecule has 2 aromatic heterocycles. The Morgan fingerprint density at radius 3 is 2.50 bits per heavy atom. The molecule has 2 aromatic carbocycles. The lowest BCUT2D eigenvalue weighted by atomic mass is 9.98. The van der Waals surface area contributed by atoms with Crippen molar-refractivity contribution in [3.63, 3.8) is 0 Å². The van der Waals surface area contributed by atoms with E-state index in [-0.39, 0.29) is 11.9 Å². The highest BCUT2D eigenvalue weighted by atomic mass is 32.1. The molecule has 1 atom stereocenters. The first-order chi connectivity index (χ1) is 16.6. The number of rotatable bonds is 6. The summed E-state index contributed by atoms with van der Waals surface area (Å²) in [5.41, 5.74) is 4.48. The van der Waals surface area contributed by atoms with Crippen LogP contribution in [0.25, 0.3) is 16.3 Å². The molecule has 1 aliphatic rings. The third-order valence-corrected chi connectivity index (χ3v) is 6.70. The number of amides is 1. The average molecular weight is 473 g/mol. The molecule has 4 aromatic rings. The Kier molecular flexibility index (Phi) is 5.90. The number of carbonyl (C=O) groups excluding carboxylic acids is 1. The maximum Gasteiger partial charge on any atom is 0.240 e. The highest BCUT2D eigenvalue weighted by molar-refractivity contribution is 7.13. The molecule has 0 spiro atoms. The van der Waals surface area contributed by atoms with Gasteiger partial charge in [-0.15, -0.1) is 11.3 Å². The average Bonchev–Trinajstić information content (AvgIpc) is 3.63. The van der Waals surface area contributed by atoms with Crippen molar-refractivity contribution >= 4 is 23.0 Å². The van der Waals surface area contributed by atoms with Crippen LogP contribution in [0.2, 0.25) is 0 Å². The van der Waals surface area contributed by atoms with Crippen LogP contribution in [0, 0.1) is 0 Å². The fourth-order valence-corrected chi connectivity index (χ4v) is 4.91. The molecule has 7 nitrogen and oxygen atoms in total. The molecular formula is C26H24N4O3S. The van der Waals surface area contributed by atoms with E-state index < -0.39 is 0 Å². The van der Waals surface area contributed by atoms with Gasteiger partial charge >= 0.3 is 0 Å². The van der Waals surface area contributed by atoms with Gasteiger partial charge in [0.1, 0.15) is 5.69 Å². The summed E-state index contributed by atoms with van der Waals surface area (Å²) in [5.74, 6) is 1.15. The number of hydrogen-bond donors (Lipinski definition) is 0. The Bertz CT molecular complexity index is 1350. The van der Waals surface area contributed by atoms with Gasteiger partial charge in [0, 0.05) is 30.7 Å². The van der Waals surface area contributed by atoms with Gasteiger partial charge < -0.3 is 9.47 Å². The lowest BCUT2D eigenvalue weighted by Crippen LogP contribution is -2.24. The van der Waals surface area contributed by atoms with E-state index in [0.29, 0.717) is 17.9 Å². The van der Waals surface area contributed by atoms with Crippen LogP contribution in [-0.2, 0) is 4.79 Å². The summed E-state index contributed by atoms with van der Waals surface area (Å²) in [7, 11) is 3.21. The second kappa shape index (κ2) is 9.15. The number of benzene rings is 2. The predicted molar refractivity (Wildman–Crippen MR) is 133 cm³/mol. The lowest BCUT2D eigenvalue weighted by molar-refractivity contribution is -0.130. The molecule has 0 saturated carbocycles. The van der Waals surface area contributed by atoms with Crippen molar-refractivity contribution in [1.29, 1.82) is 0 Å². The molecule has 172 valence electrons. The maximum atomic E-state index is 12.7. The summed E-state index contributed by atoms with van der Waals surface area (Å²) in [6.45, 7) is 1.54. The van der Waals surface area contributed by atoms with E-state index in [1.54, 1.807) is 37.5 Å². The Morgan fingerprint density at radius 2 is 1.82 bits per heavy atom. The number of nitrogens with zero attached hydrogens (tertiary/aromatic N) is 4. The largest absolute Gasteiger partial charge is 0.493 e. The standard InChI is InChI=1S/C26H24N4O3S/c1-17(31)30-22(15-21(27-30)18-11-12-23(32-2)24(14-18)33-3)20-16-29(19-8-5-4-6-9-19)28-26(20)25-10-7-13-34-25/h4-14,16,22H,15H2,1-3H3. The van der Waals surface area contributed by atoms with E-state index >= 15 is 0 Å². The monoisotopic (exact) mass is 472 g/mol. The van der Waals surface area contributed by atoms with Crippen molar-refractivity contribution in [2.75, 3.05) is 14.2 Å². The second-order valence-corrected chi connectivity index (χ2v) is 8.84. The van der Waals surface area contributed by atoms with Gasteiger partial charge in [-0.2, -0.15) is 10.2 Å². The van der Waals surface area contributed by atoms with Crippen molar-refractivity contribution in [3.05, 3.63) is 83.4 Å². The van der Waals surface area contributed by atoms with E-state index in [4.69, 9.17) is 19.7 Å². The molecule has 0 aliphatic carbocycles. The number of para-hydroxylation sites is 1.